The second-order valence-corrected chi connectivity index (χ2v) is 12.7. The Balaban J connectivity index is 1.31. The number of nitro groups is 2. The van der Waals surface area contributed by atoms with Crippen molar-refractivity contribution in [1.82, 2.24) is 0 Å². The van der Waals surface area contributed by atoms with Crippen LogP contribution in [0.2, 0.25) is 0 Å². The summed E-state index contributed by atoms with van der Waals surface area (Å²) in [6.45, 7) is 0. The van der Waals surface area contributed by atoms with Crippen molar-refractivity contribution >= 4 is 62.3 Å². The first kappa shape index (κ1) is 29.5. The molecule has 0 unspecified atom stereocenters. The number of carbonyl (C=O) groups excluding carboxylic acids is 4. The highest BCUT2D eigenvalue weighted by atomic mass is 79.9. The molecule has 2 saturated heterocycles. The van der Waals surface area contributed by atoms with Gasteiger partial charge in [-0.05, 0) is 61.2 Å². The number of hydrogen-bond acceptors (Lipinski definition) is 9. The molecule has 4 aliphatic rings. The number of anilines is 2. The smallest absolute Gasteiger partial charge is 0.269 e. The third-order valence-electron chi connectivity index (χ3n) is 9.61. The molecule has 2 aliphatic heterocycles. The molecular weight excluding hydrogens is 664 g/mol. The number of nitro benzene ring substituents is 2. The summed E-state index contributed by atoms with van der Waals surface area (Å²) < 4.78 is 0.619. The molecule has 46 heavy (non-hydrogen) atoms. The van der Waals surface area contributed by atoms with Gasteiger partial charge in [-0.15, -0.1) is 0 Å². The lowest BCUT2D eigenvalue weighted by atomic mass is 9.57. The van der Waals surface area contributed by atoms with Crippen LogP contribution in [-0.4, -0.2) is 38.6 Å². The van der Waals surface area contributed by atoms with Crippen LogP contribution in [0.15, 0.2) is 82.9 Å². The van der Waals surface area contributed by atoms with Crippen LogP contribution < -0.4 is 9.80 Å². The van der Waals surface area contributed by atoms with Gasteiger partial charge in [0.1, 0.15) is 5.75 Å². The number of carbonyl (C=O) groups is 4. The van der Waals surface area contributed by atoms with Crippen molar-refractivity contribution < 1.29 is 34.1 Å². The number of nitrogens with zero attached hydrogens (tertiary/aromatic N) is 4. The van der Waals surface area contributed by atoms with Crippen molar-refractivity contribution in [3.05, 3.63) is 109 Å². The Bertz CT molecular complexity index is 1910. The zero-order valence-corrected chi connectivity index (χ0v) is 25.3. The Labute approximate surface area is 268 Å². The van der Waals surface area contributed by atoms with Gasteiger partial charge in [0.25, 0.3) is 11.4 Å². The summed E-state index contributed by atoms with van der Waals surface area (Å²) >= 11 is 3.43. The number of non-ortho nitro benzene ring substituents is 2. The summed E-state index contributed by atoms with van der Waals surface area (Å²) in [5.74, 6) is -7.03. The van der Waals surface area contributed by atoms with Crippen LogP contribution >= 0.6 is 15.9 Å². The maximum absolute atomic E-state index is 14.2. The van der Waals surface area contributed by atoms with Crippen molar-refractivity contribution in [2.75, 3.05) is 9.80 Å². The van der Waals surface area contributed by atoms with Crippen LogP contribution in [0.25, 0.3) is 0 Å². The number of phenolic OH excluding ortho intramolecular Hbond substituents is 1. The van der Waals surface area contributed by atoms with Crippen molar-refractivity contribution in [1.29, 1.82) is 0 Å². The molecule has 2 heterocycles. The number of aromatic hydroxyl groups is 1. The third-order valence-corrected chi connectivity index (χ3v) is 10.1. The fourth-order valence-electron chi connectivity index (χ4n) is 7.67. The monoisotopic (exact) mass is 686 g/mol. The Morgan fingerprint density at radius 1 is 0.696 bits per heavy atom. The van der Waals surface area contributed by atoms with E-state index in [-0.39, 0.29) is 41.3 Å². The molecule has 0 radical (unpaired) electrons. The summed E-state index contributed by atoms with van der Waals surface area (Å²) in [5, 5.41) is 33.4. The number of halogens is 1. The Morgan fingerprint density at radius 3 is 1.76 bits per heavy atom. The van der Waals surface area contributed by atoms with E-state index in [1.165, 1.54) is 54.6 Å². The topological polar surface area (TPSA) is 181 Å². The summed E-state index contributed by atoms with van der Waals surface area (Å²) in [5.41, 5.74) is 1.02. The molecule has 0 bridgehead atoms. The standard InChI is InChI=1S/C32H23BrN4O9/c33-15-1-12-25(38)23(13-15)26-20-10-11-21-27(31(41)34(29(21)39)16-2-6-18(7-3-16)36(43)44)22(20)14-24-28(26)32(42)35(30(24)40)17-4-8-19(9-5-17)37(45)46/h1-10,12-13,21-22,24,26-28,38H,11,14H2/t21-,22+,24+,26+,27-,28+/m0/s1. The van der Waals surface area contributed by atoms with E-state index in [0.29, 0.717) is 15.6 Å². The minimum absolute atomic E-state index is 0.0874. The predicted molar refractivity (Wildman–Crippen MR) is 164 cm³/mol. The van der Waals surface area contributed by atoms with Crippen LogP contribution in [-0.2, 0) is 19.2 Å². The summed E-state index contributed by atoms with van der Waals surface area (Å²) in [7, 11) is 0. The van der Waals surface area contributed by atoms with Gasteiger partial charge in [-0.3, -0.25) is 49.2 Å². The highest BCUT2D eigenvalue weighted by Crippen LogP contribution is 2.59. The molecule has 0 spiro atoms. The molecular formula is C32H23BrN4O9. The Morgan fingerprint density at radius 2 is 1.22 bits per heavy atom. The fraction of sp³-hybridized carbons (Fsp3) is 0.250. The molecule has 3 aromatic rings. The van der Waals surface area contributed by atoms with E-state index in [9.17, 15) is 44.5 Å². The predicted octanol–water partition coefficient (Wildman–Crippen LogP) is 5.02. The van der Waals surface area contributed by atoms with Crippen molar-refractivity contribution in [2.45, 2.75) is 18.8 Å². The number of allylic oxidation sites excluding steroid dienone is 2. The molecule has 3 aromatic carbocycles. The van der Waals surface area contributed by atoms with Gasteiger partial charge in [0.05, 0.1) is 44.9 Å². The largest absolute Gasteiger partial charge is 0.508 e. The number of rotatable bonds is 5. The van der Waals surface area contributed by atoms with Crippen LogP contribution in [0.3, 0.4) is 0 Å². The Hall–Kier alpha value is -5.24. The van der Waals surface area contributed by atoms with Gasteiger partial charge in [-0.25, -0.2) is 0 Å². The number of amides is 4. The summed E-state index contributed by atoms with van der Waals surface area (Å²) in [6, 6.07) is 15.0. The quantitative estimate of drug-likeness (QED) is 0.167. The van der Waals surface area contributed by atoms with E-state index in [4.69, 9.17) is 0 Å². The highest BCUT2D eigenvalue weighted by molar-refractivity contribution is 9.10. The van der Waals surface area contributed by atoms with Crippen molar-refractivity contribution in [3.63, 3.8) is 0 Å². The van der Waals surface area contributed by atoms with E-state index in [1.807, 2.05) is 6.08 Å². The molecule has 13 nitrogen and oxygen atoms in total. The van der Waals surface area contributed by atoms with Gasteiger partial charge in [0.2, 0.25) is 23.6 Å². The van der Waals surface area contributed by atoms with E-state index < -0.39 is 69.0 Å². The van der Waals surface area contributed by atoms with Crippen molar-refractivity contribution in [3.8, 4) is 5.75 Å². The molecule has 1 N–H and O–H groups in total. The van der Waals surface area contributed by atoms with E-state index in [1.54, 1.807) is 12.1 Å². The first-order valence-corrected chi connectivity index (χ1v) is 15.2. The van der Waals surface area contributed by atoms with Gasteiger partial charge in [-0.1, -0.05) is 27.6 Å². The molecule has 2 aliphatic carbocycles. The maximum atomic E-state index is 14.2. The average Bonchev–Trinajstić information content (AvgIpc) is 3.45. The maximum Gasteiger partial charge on any atom is 0.269 e. The molecule has 7 rings (SSSR count). The molecule has 6 atom stereocenters. The average molecular weight is 687 g/mol. The summed E-state index contributed by atoms with van der Waals surface area (Å²) in [4.78, 5) is 79.2. The highest BCUT2D eigenvalue weighted by Gasteiger charge is 2.62. The molecule has 1 saturated carbocycles. The summed E-state index contributed by atoms with van der Waals surface area (Å²) in [6.07, 6.45) is 2.11. The molecule has 14 heteroatoms. The van der Waals surface area contributed by atoms with E-state index in [0.717, 1.165) is 9.80 Å². The lowest BCUT2D eigenvalue weighted by molar-refractivity contribution is -0.385. The molecule has 0 aromatic heterocycles. The normalized spacial score (nSPS) is 26.8. The van der Waals surface area contributed by atoms with Crippen LogP contribution in [0.4, 0.5) is 22.7 Å². The lowest BCUT2D eigenvalue weighted by Crippen LogP contribution is -2.43. The molecule has 232 valence electrons. The minimum Gasteiger partial charge on any atom is -0.508 e. The Kier molecular flexibility index (Phi) is 6.85. The van der Waals surface area contributed by atoms with Gasteiger partial charge >= 0.3 is 0 Å². The minimum atomic E-state index is -0.945. The van der Waals surface area contributed by atoms with Gasteiger partial charge < -0.3 is 5.11 Å². The lowest BCUT2D eigenvalue weighted by Gasteiger charge is -2.44. The van der Waals surface area contributed by atoms with Crippen LogP contribution in [0.5, 0.6) is 5.75 Å². The zero-order valence-electron chi connectivity index (χ0n) is 23.7. The first-order chi connectivity index (χ1) is 22.0. The van der Waals surface area contributed by atoms with E-state index in [2.05, 4.69) is 15.9 Å². The van der Waals surface area contributed by atoms with Gasteiger partial charge in [-0.2, -0.15) is 0 Å². The number of imide groups is 2. The number of phenols is 1. The number of fused-ring (bicyclic) bond motifs is 4. The molecule has 4 amide bonds. The number of hydrogen-bond donors (Lipinski definition) is 1. The zero-order chi connectivity index (χ0) is 32.6. The fourth-order valence-corrected chi connectivity index (χ4v) is 8.05. The molecule has 3 fully saturated rings. The second kappa shape index (κ2) is 10.7. The van der Waals surface area contributed by atoms with Gasteiger partial charge in [0.15, 0.2) is 0 Å². The van der Waals surface area contributed by atoms with Crippen molar-refractivity contribution in [2.24, 2.45) is 29.6 Å². The van der Waals surface area contributed by atoms with E-state index >= 15 is 0 Å². The van der Waals surface area contributed by atoms with Crippen LogP contribution in [0.1, 0.15) is 24.3 Å². The SMILES string of the molecule is O=C1[C@H]2[C@H](CC=C3[C@H]2C[C@H]2C(=O)N(c4ccc([N+](=O)[O-])cc4)C(=O)[C@H]2[C@H]3c2cc(Br)ccc2O)C(=O)N1c1ccc([N+](=O)[O-])cc1. The van der Waals surface area contributed by atoms with Gasteiger partial charge in [0, 0.05) is 40.2 Å². The third kappa shape index (κ3) is 4.35. The van der Waals surface area contributed by atoms with Crippen LogP contribution in [0, 0.1) is 49.8 Å². The second-order valence-electron chi connectivity index (χ2n) is 11.8. The number of benzene rings is 3. The first-order valence-electron chi connectivity index (χ1n) is 14.4.